The van der Waals surface area contributed by atoms with Crippen LogP contribution in [0, 0.1) is 0 Å². The average molecular weight is 431 g/mol. The lowest BCUT2D eigenvalue weighted by Gasteiger charge is -2.15. The lowest BCUT2D eigenvalue weighted by Crippen LogP contribution is -2.40. The molecule has 0 saturated heterocycles. The number of likely N-dealkylation sites (N-methyl/N-ethyl adjacent to an activating group) is 1. The van der Waals surface area contributed by atoms with Crippen molar-refractivity contribution < 1.29 is 18.7 Å². The van der Waals surface area contributed by atoms with Gasteiger partial charge < -0.3 is 29.4 Å². The molecule has 170 valence electrons. The highest BCUT2D eigenvalue weighted by Gasteiger charge is 2.08. The minimum absolute atomic E-state index is 0.0556. The Hall–Kier alpha value is -3.16. The Balaban J connectivity index is 1.93. The fourth-order valence-electron chi connectivity index (χ4n) is 2.80. The number of rotatable bonds is 12. The number of nitrogens with zero attached hydrogens (tertiary/aromatic N) is 2. The van der Waals surface area contributed by atoms with E-state index in [0.717, 1.165) is 35.7 Å². The quantitative estimate of drug-likeness (QED) is 0.397. The molecule has 2 aromatic rings. The first-order valence-corrected chi connectivity index (χ1v) is 10.7. The van der Waals surface area contributed by atoms with E-state index in [1.54, 1.807) is 20.4 Å². The van der Waals surface area contributed by atoms with Crippen LogP contribution in [0.25, 0.3) is 0 Å². The topological polar surface area (TPSA) is 88.3 Å². The third-order valence-corrected chi connectivity index (χ3v) is 4.43. The number of benzene rings is 1. The normalized spacial score (nSPS) is 11.2. The van der Waals surface area contributed by atoms with Crippen LogP contribution in [0.1, 0.15) is 25.2 Å². The maximum Gasteiger partial charge on any atom is 0.243 e. The van der Waals surface area contributed by atoms with Crippen LogP contribution in [0.5, 0.6) is 11.5 Å². The van der Waals surface area contributed by atoms with Crippen molar-refractivity contribution >= 4 is 11.9 Å². The highest BCUT2D eigenvalue weighted by Crippen LogP contribution is 2.28. The highest BCUT2D eigenvalue weighted by molar-refractivity contribution is 5.84. The van der Waals surface area contributed by atoms with E-state index < -0.39 is 0 Å². The van der Waals surface area contributed by atoms with Crippen LogP contribution in [0.2, 0.25) is 0 Å². The van der Waals surface area contributed by atoms with E-state index in [4.69, 9.17) is 13.9 Å². The van der Waals surface area contributed by atoms with E-state index in [1.807, 2.05) is 44.2 Å². The molecule has 0 bridgehead atoms. The first kappa shape index (κ1) is 24.1. The minimum atomic E-state index is -0.0556. The molecule has 0 saturated carbocycles. The minimum Gasteiger partial charge on any atom is -0.490 e. The van der Waals surface area contributed by atoms with Gasteiger partial charge in [-0.1, -0.05) is 6.07 Å². The highest BCUT2D eigenvalue weighted by atomic mass is 16.5. The lowest BCUT2D eigenvalue weighted by atomic mass is 10.1. The Morgan fingerprint density at radius 1 is 1.03 bits per heavy atom. The second kappa shape index (κ2) is 13.2. The SMILES string of the molecule is CCOc1ccc(CCNC(=NCC(=O)N(C)C)NCCc2ccco2)cc1OCC. The first-order chi connectivity index (χ1) is 15.0. The number of amides is 1. The molecule has 31 heavy (non-hydrogen) atoms. The molecule has 8 nitrogen and oxygen atoms in total. The Bertz CT molecular complexity index is 819. The molecule has 2 rings (SSSR count). The number of hydrogen-bond donors (Lipinski definition) is 2. The van der Waals surface area contributed by atoms with E-state index in [9.17, 15) is 4.79 Å². The summed E-state index contributed by atoms with van der Waals surface area (Å²) >= 11 is 0. The number of hydrogen-bond acceptors (Lipinski definition) is 5. The Morgan fingerprint density at radius 3 is 2.39 bits per heavy atom. The summed E-state index contributed by atoms with van der Waals surface area (Å²) in [5.74, 6) is 2.95. The fraction of sp³-hybridized carbons (Fsp3) is 0.478. The molecule has 0 atom stereocenters. The van der Waals surface area contributed by atoms with Gasteiger partial charge in [0.05, 0.1) is 19.5 Å². The molecule has 0 unspecified atom stereocenters. The largest absolute Gasteiger partial charge is 0.490 e. The van der Waals surface area contributed by atoms with Gasteiger partial charge in [0, 0.05) is 33.6 Å². The average Bonchev–Trinajstić information content (AvgIpc) is 3.27. The second-order valence-corrected chi connectivity index (χ2v) is 7.03. The third kappa shape index (κ3) is 8.62. The van der Waals surface area contributed by atoms with Crippen molar-refractivity contribution in [3.05, 3.63) is 47.9 Å². The molecular weight excluding hydrogens is 396 g/mol. The van der Waals surface area contributed by atoms with Crippen molar-refractivity contribution in [1.29, 1.82) is 0 Å². The zero-order chi connectivity index (χ0) is 22.5. The van der Waals surface area contributed by atoms with Gasteiger partial charge in [-0.2, -0.15) is 0 Å². The molecule has 8 heteroatoms. The summed E-state index contributed by atoms with van der Waals surface area (Å²) in [4.78, 5) is 17.8. The van der Waals surface area contributed by atoms with Crippen molar-refractivity contribution in [1.82, 2.24) is 15.5 Å². The van der Waals surface area contributed by atoms with Crippen molar-refractivity contribution in [3.8, 4) is 11.5 Å². The van der Waals surface area contributed by atoms with Gasteiger partial charge in [-0.25, -0.2) is 4.99 Å². The molecule has 2 N–H and O–H groups in total. The molecule has 0 spiro atoms. The number of ether oxygens (including phenoxy) is 2. The number of furan rings is 1. The number of carbonyl (C=O) groups is 1. The summed E-state index contributed by atoms with van der Waals surface area (Å²) in [7, 11) is 3.44. The Labute approximate surface area is 184 Å². The number of carbonyl (C=O) groups excluding carboxylic acids is 1. The first-order valence-electron chi connectivity index (χ1n) is 10.7. The number of nitrogens with one attached hydrogen (secondary N) is 2. The summed E-state index contributed by atoms with van der Waals surface area (Å²) in [6.45, 7) is 6.47. The van der Waals surface area contributed by atoms with Crippen LogP contribution in [0.4, 0.5) is 0 Å². The number of aliphatic imine (C=N–C) groups is 1. The van der Waals surface area contributed by atoms with Crippen molar-refractivity contribution in [2.24, 2.45) is 4.99 Å². The maximum absolute atomic E-state index is 11.9. The molecule has 1 amide bonds. The summed E-state index contributed by atoms with van der Waals surface area (Å²) < 4.78 is 16.7. The van der Waals surface area contributed by atoms with Crippen molar-refractivity contribution in [2.45, 2.75) is 26.7 Å². The fourth-order valence-corrected chi connectivity index (χ4v) is 2.80. The predicted octanol–water partition coefficient (Wildman–Crippen LogP) is 2.49. The molecular formula is C23H34N4O4. The van der Waals surface area contributed by atoms with Gasteiger partial charge in [0.1, 0.15) is 12.3 Å². The van der Waals surface area contributed by atoms with Crippen LogP contribution in [-0.4, -0.2) is 63.7 Å². The van der Waals surface area contributed by atoms with Crippen LogP contribution in [0.3, 0.4) is 0 Å². The maximum atomic E-state index is 11.9. The summed E-state index contributed by atoms with van der Waals surface area (Å²) in [5.41, 5.74) is 1.12. The molecule has 0 radical (unpaired) electrons. The van der Waals surface area contributed by atoms with Gasteiger partial charge in [0.15, 0.2) is 17.5 Å². The van der Waals surface area contributed by atoms with Crippen LogP contribution >= 0.6 is 0 Å². The van der Waals surface area contributed by atoms with Crippen LogP contribution in [0.15, 0.2) is 46.0 Å². The van der Waals surface area contributed by atoms with Gasteiger partial charge >= 0.3 is 0 Å². The standard InChI is InChI=1S/C23H34N4O4/c1-5-29-20-10-9-18(16-21(20)30-6-2)11-13-24-23(26-17-22(28)27(3)4)25-14-12-19-8-7-15-31-19/h7-10,15-16H,5-6,11-14,17H2,1-4H3,(H2,24,25,26). The van der Waals surface area contributed by atoms with E-state index in [0.29, 0.717) is 32.3 Å². The van der Waals surface area contributed by atoms with Gasteiger partial charge in [-0.15, -0.1) is 0 Å². The number of guanidine groups is 1. The molecule has 0 aliphatic rings. The second-order valence-electron chi connectivity index (χ2n) is 7.03. The molecule has 1 heterocycles. The molecule has 0 aliphatic carbocycles. The van der Waals surface area contributed by atoms with Gasteiger partial charge in [0.25, 0.3) is 0 Å². The molecule has 0 aliphatic heterocycles. The lowest BCUT2D eigenvalue weighted by molar-refractivity contribution is -0.127. The zero-order valence-corrected chi connectivity index (χ0v) is 18.9. The smallest absolute Gasteiger partial charge is 0.243 e. The molecule has 1 aromatic heterocycles. The summed E-state index contributed by atoms with van der Waals surface area (Å²) in [6, 6.07) is 9.78. The van der Waals surface area contributed by atoms with Gasteiger partial charge in [-0.05, 0) is 50.1 Å². The van der Waals surface area contributed by atoms with E-state index >= 15 is 0 Å². The van der Waals surface area contributed by atoms with E-state index in [2.05, 4.69) is 15.6 Å². The van der Waals surface area contributed by atoms with Gasteiger partial charge in [0.2, 0.25) is 5.91 Å². The van der Waals surface area contributed by atoms with Crippen LogP contribution < -0.4 is 20.1 Å². The van der Waals surface area contributed by atoms with Crippen LogP contribution in [-0.2, 0) is 17.6 Å². The summed E-state index contributed by atoms with van der Waals surface area (Å²) in [5, 5.41) is 6.56. The Kier molecular flexibility index (Phi) is 10.3. The molecule has 1 aromatic carbocycles. The van der Waals surface area contributed by atoms with Gasteiger partial charge in [-0.3, -0.25) is 4.79 Å². The zero-order valence-electron chi connectivity index (χ0n) is 18.9. The van der Waals surface area contributed by atoms with E-state index in [-0.39, 0.29) is 12.5 Å². The monoisotopic (exact) mass is 430 g/mol. The third-order valence-electron chi connectivity index (χ3n) is 4.43. The predicted molar refractivity (Wildman–Crippen MR) is 122 cm³/mol. The van der Waals surface area contributed by atoms with Crippen molar-refractivity contribution in [2.75, 3.05) is 46.9 Å². The molecule has 0 fully saturated rings. The Morgan fingerprint density at radius 2 is 1.74 bits per heavy atom. The van der Waals surface area contributed by atoms with E-state index in [1.165, 1.54) is 4.90 Å². The summed E-state index contributed by atoms with van der Waals surface area (Å²) in [6.07, 6.45) is 3.16. The van der Waals surface area contributed by atoms with Crippen molar-refractivity contribution in [3.63, 3.8) is 0 Å².